The average Bonchev–Trinajstić information content (AvgIpc) is 3.15. The fraction of sp³-hybridized carbons (Fsp3) is 0.646. The van der Waals surface area contributed by atoms with Crippen molar-refractivity contribution in [1.82, 2.24) is 0 Å². The van der Waals surface area contributed by atoms with E-state index in [2.05, 4.69) is 86.8 Å². The standard InChI is InChI=1S/C48H79NO7/c1-6-8-10-12-14-16-18-20-21-22-23-24-25-27-28-30-32-34-36-38-46(50)55-43-44(42-54-41-40-45(48(52)53)49(3,4)5)56-47(51)39-37-35-33-31-29-26-19-17-15-13-11-9-7-2/h8,10,14,16,20-21,23-24,26-29,32,34,44-45H,6-7,9,11-13,15,17-19,22,25,30-31,33,35-43H2,1-5H3/p+1/b10-8+,16-14+,21-20+,24-23+,28-27+,29-26+,34-32+. The average molecular weight is 783 g/mol. The molecule has 0 spiro atoms. The van der Waals surface area contributed by atoms with E-state index in [4.69, 9.17) is 14.2 Å². The van der Waals surface area contributed by atoms with Gasteiger partial charge < -0.3 is 23.8 Å². The zero-order valence-electron chi connectivity index (χ0n) is 36.1. The summed E-state index contributed by atoms with van der Waals surface area (Å²) in [7, 11) is 5.49. The Morgan fingerprint density at radius 1 is 0.554 bits per heavy atom. The van der Waals surface area contributed by atoms with Gasteiger partial charge in [0.1, 0.15) is 6.61 Å². The van der Waals surface area contributed by atoms with Crippen molar-refractivity contribution in [1.29, 1.82) is 0 Å². The SMILES string of the molecule is CC/C=C/C/C=C/C/C=C/C/C=C/C/C=C/C/C=C/CCC(=O)OCC(COCCC(C(=O)O)[N+](C)(C)C)OC(=O)CCCCC/C=C/CCCCCCCC. The third-order valence-corrected chi connectivity index (χ3v) is 9.04. The first-order valence-electron chi connectivity index (χ1n) is 21.6. The lowest BCUT2D eigenvalue weighted by atomic mass is 10.1. The van der Waals surface area contributed by atoms with Gasteiger partial charge in [-0.05, 0) is 77.0 Å². The second-order valence-corrected chi connectivity index (χ2v) is 15.2. The van der Waals surface area contributed by atoms with Crippen LogP contribution in [0.5, 0.6) is 0 Å². The third-order valence-electron chi connectivity index (χ3n) is 9.04. The minimum Gasteiger partial charge on any atom is -0.477 e. The lowest BCUT2D eigenvalue weighted by Gasteiger charge is -2.31. The number of hydrogen-bond donors (Lipinski definition) is 1. The predicted octanol–water partition coefficient (Wildman–Crippen LogP) is 11.7. The zero-order chi connectivity index (χ0) is 41.4. The number of unbranched alkanes of at least 4 members (excludes halogenated alkanes) is 9. The van der Waals surface area contributed by atoms with Gasteiger partial charge in [-0.25, -0.2) is 4.79 Å². The van der Waals surface area contributed by atoms with Crippen molar-refractivity contribution in [2.24, 2.45) is 0 Å². The van der Waals surface area contributed by atoms with Crippen LogP contribution in [0, 0.1) is 0 Å². The Morgan fingerprint density at radius 3 is 1.55 bits per heavy atom. The molecule has 0 fully saturated rings. The highest BCUT2D eigenvalue weighted by Crippen LogP contribution is 2.12. The number of likely N-dealkylation sites (N-methyl/N-ethyl adjacent to an activating group) is 1. The number of carboxylic acids is 1. The molecule has 0 aromatic rings. The summed E-state index contributed by atoms with van der Waals surface area (Å²) in [5.74, 6) is -1.61. The lowest BCUT2D eigenvalue weighted by molar-refractivity contribution is -0.887. The summed E-state index contributed by atoms with van der Waals surface area (Å²) in [5, 5.41) is 9.61. The van der Waals surface area contributed by atoms with Crippen LogP contribution < -0.4 is 0 Å². The predicted molar refractivity (Wildman–Crippen MR) is 233 cm³/mol. The Hall–Kier alpha value is -3.49. The summed E-state index contributed by atoms with van der Waals surface area (Å²) in [4.78, 5) is 36.9. The second kappa shape index (κ2) is 38.4. The van der Waals surface area contributed by atoms with Crippen molar-refractivity contribution in [3.05, 3.63) is 85.1 Å². The molecule has 0 aliphatic carbocycles. The number of hydrogen-bond acceptors (Lipinski definition) is 6. The maximum Gasteiger partial charge on any atom is 0.362 e. The maximum atomic E-state index is 12.7. The highest BCUT2D eigenvalue weighted by molar-refractivity contribution is 5.72. The van der Waals surface area contributed by atoms with Gasteiger partial charge in [0.05, 0.1) is 34.4 Å². The molecule has 0 amide bonds. The van der Waals surface area contributed by atoms with Gasteiger partial charge in [0.25, 0.3) is 0 Å². The molecular formula is C48H80NO7+. The first-order valence-corrected chi connectivity index (χ1v) is 21.6. The minimum absolute atomic E-state index is 0.0268. The third kappa shape index (κ3) is 36.2. The van der Waals surface area contributed by atoms with E-state index in [0.717, 1.165) is 70.6 Å². The van der Waals surface area contributed by atoms with E-state index in [-0.39, 0.29) is 49.1 Å². The largest absolute Gasteiger partial charge is 0.477 e. The van der Waals surface area contributed by atoms with Gasteiger partial charge in [-0.3, -0.25) is 9.59 Å². The Morgan fingerprint density at radius 2 is 1.04 bits per heavy atom. The van der Waals surface area contributed by atoms with Crippen molar-refractivity contribution in [2.45, 2.75) is 161 Å². The molecule has 0 aliphatic rings. The topological polar surface area (TPSA) is 99.1 Å². The van der Waals surface area contributed by atoms with Crippen LogP contribution in [0.3, 0.4) is 0 Å². The second-order valence-electron chi connectivity index (χ2n) is 15.2. The summed E-state index contributed by atoms with van der Waals surface area (Å²) >= 11 is 0. The van der Waals surface area contributed by atoms with Gasteiger partial charge in [0.15, 0.2) is 12.1 Å². The fourth-order valence-electron chi connectivity index (χ4n) is 5.70. The van der Waals surface area contributed by atoms with Crippen molar-refractivity contribution >= 4 is 17.9 Å². The van der Waals surface area contributed by atoms with Crippen LogP contribution >= 0.6 is 0 Å². The molecule has 8 heteroatoms. The molecule has 0 rings (SSSR count). The number of carboxylic acid groups (broad SMARTS) is 1. The first kappa shape index (κ1) is 52.5. The highest BCUT2D eigenvalue weighted by Gasteiger charge is 2.31. The Labute approximate surface area is 342 Å². The monoisotopic (exact) mass is 783 g/mol. The number of carbonyl (C=O) groups is 3. The van der Waals surface area contributed by atoms with Gasteiger partial charge >= 0.3 is 17.9 Å². The number of nitrogens with zero attached hydrogens (tertiary/aromatic N) is 1. The molecule has 2 atom stereocenters. The maximum absolute atomic E-state index is 12.7. The molecule has 0 bridgehead atoms. The van der Waals surface area contributed by atoms with E-state index in [1.165, 1.54) is 38.5 Å². The molecule has 0 aromatic carbocycles. The molecule has 318 valence electrons. The number of carbonyl (C=O) groups excluding carboxylic acids is 2. The van der Waals surface area contributed by atoms with E-state index in [0.29, 0.717) is 12.8 Å². The fourth-order valence-corrected chi connectivity index (χ4v) is 5.70. The molecule has 0 saturated heterocycles. The highest BCUT2D eigenvalue weighted by atomic mass is 16.6. The molecule has 8 nitrogen and oxygen atoms in total. The molecule has 0 radical (unpaired) electrons. The van der Waals surface area contributed by atoms with Crippen LogP contribution in [0.1, 0.15) is 149 Å². The molecule has 56 heavy (non-hydrogen) atoms. The van der Waals surface area contributed by atoms with Crippen molar-refractivity contribution < 1.29 is 38.2 Å². The lowest BCUT2D eigenvalue weighted by Crippen LogP contribution is -2.50. The van der Waals surface area contributed by atoms with Crippen LogP contribution in [-0.4, -0.2) is 80.6 Å². The molecule has 1 N–H and O–H groups in total. The van der Waals surface area contributed by atoms with E-state index in [1.54, 1.807) is 0 Å². The van der Waals surface area contributed by atoms with Crippen molar-refractivity contribution in [3.8, 4) is 0 Å². The van der Waals surface area contributed by atoms with Gasteiger partial charge in [-0.1, -0.05) is 137 Å². The number of allylic oxidation sites excluding steroid dienone is 14. The van der Waals surface area contributed by atoms with Crippen LogP contribution in [0.4, 0.5) is 0 Å². The summed E-state index contributed by atoms with van der Waals surface area (Å²) in [5.41, 5.74) is 0. The molecule has 2 unspecified atom stereocenters. The quantitative estimate of drug-likeness (QED) is 0.0290. The molecule has 0 aliphatic heterocycles. The number of aliphatic carboxylic acids is 1. The van der Waals surface area contributed by atoms with Gasteiger partial charge in [-0.2, -0.15) is 0 Å². The van der Waals surface area contributed by atoms with E-state index in [9.17, 15) is 19.5 Å². The normalized spacial score (nSPS) is 13.8. The number of ether oxygens (including phenoxy) is 3. The minimum atomic E-state index is -0.891. The summed E-state index contributed by atoms with van der Waals surface area (Å²) in [6, 6.07) is -0.631. The summed E-state index contributed by atoms with van der Waals surface area (Å²) in [6.45, 7) is 4.49. The first-order chi connectivity index (χ1) is 27.1. The molecular weight excluding hydrogens is 703 g/mol. The van der Waals surface area contributed by atoms with Crippen LogP contribution in [0.15, 0.2) is 85.1 Å². The molecule has 0 saturated carbocycles. The van der Waals surface area contributed by atoms with E-state index >= 15 is 0 Å². The summed E-state index contributed by atoms with van der Waals surface area (Å²) in [6.07, 6.45) is 49.3. The van der Waals surface area contributed by atoms with Crippen molar-refractivity contribution in [2.75, 3.05) is 41.0 Å². The number of esters is 2. The summed E-state index contributed by atoms with van der Waals surface area (Å²) < 4.78 is 17.1. The van der Waals surface area contributed by atoms with Crippen LogP contribution in [0.2, 0.25) is 0 Å². The smallest absolute Gasteiger partial charge is 0.362 e. The Bertz CT molecular complexity index is 1190. The zero-order valence-corrected chi connectivity index (χ0v) is 36.1. The Kier molecular flexibility index (Phi) is 36.0. The van der Waals surface area contributed by atoms with Gasteiger partial charge in [-0.15, -0.1) is 0 Å². The van der Waals surface area contributed by atoms with Crippen molar-refractivity contribution in [3.63, 3.8) is 0 Å². The van der Waals surface area contributed by atoms with Crippen LogP contribution in [0.25, 0.3) is 0 Å². The van der Waals surface area contributed by atoms with E-state index < -0.39 is 18.1 Å². The molecule has 0 heterocycles. The van der Waals surface area contributed by atoms with E-state index in [1.807, 2.05) is 33.3 Å². The van der Waals surface area contributed by atoms with Crippen LogP contribution in [-0.2, 0) is 28.6 Å². The number of rotatable bonds is 37. The Balaban J connectivity index is 4.51. The molecule has 0 aromatic heterocycles. The number of quaternary nitrogens is 1. The van der Waals surface area contributed by atoms with Gasteiger partial charge in [0.2, 0.25) is 0 Å². The van der Waals surface area contributed by atoms with Gasteiger partial charge in [0, 0.05) is 19.3 Å².